The fraction of sp³-hybridized carbons (Fsp3) is 0.370. The average Bonchev–Trinajstić information content (AvgIpc) is 2.67. The Kier molecular flexibility index (Phi) is 8.05. The maximum atomic E-state index is 10.9. The molecule has 0 heterocycles. The van der Waals surface area contributed by atoms with Gasteiger partial charge in [-0.25, -0.2) is 0 Å². The van der Waals surface area contributed by atoms with Crippen LogP contribution >= 0.6 is 0 Å². The van der Waals surface area contributed by atoms with Gasteiger partial charge in [-0.1, -0.05) is 67.5 Å². The first kappa shape index (κ1) is 23.5. The summed E-state index contributed by atoms with van der Waals surface area (Å²) in [4.78, 5) is 10.9. The highest BCUT2D eigenvalue weighted by molar-refractivity contribution is 5.86. The Morgan fingerprint density at radius 2 is 1.80 bits per heavy atom. The minimum absolute atomic E-state index is 0.0460. The summed E-state index contributed by atoms with van der Waals surface area (Å²) in [6.07, 6.45) is 14.0. The van der Waals surface area contributed by atoms with Crippen molar-refractivity contribution >= 4 is 5.91 Å². The van der Waals surface area contributed by atoms with Crippen molar-refractivity contribution in [3.63, 3.8) is 0 Å². The van der Waals surface area contributed by atoms with Gasteiger partial charge in [0.05, 0.1) is 7.11 Å². The predicted octanol–water partition coefficient (Wildman–Crippen LogP) is 6.41. The molecule has 1 atom stereocenters. The molecular weight excluding hydrogens is 370 g/mol. The van der Waals surface area contributed by atoms with Crippen molar-refractivity contribution in [1.29, 1.82) is 0 Å². The van der Waals surface area contributed by atoms with E-state index in [4.69, 9.17) is 10.5 Å². The van der Waals surface area contributed by atoms with Crippen LogP contribution in [-0.4, -0.2) is 13.0 Å². The number of hydrogen-bond donors (Lipinski definition) is 1. The summed E-state index contributed by atoms with van der Waals surface area (Å²) in [6.45, 7) is 10.9. The summed E-state index contributed by atoms with van der Waals surface area (Å²) in [5.41, 5.74) is 11.5. The molecule has 1 amide bonds. The van der Waals surface area contributed by atoms with E-state index in [0.717, 1.165) is 29.7 Å². The van der Waals surface area contributed by atoms with Gasteiger partial charge in [0.15, 0.2) is 0 Å². The molecule has 1 aliphatic rings. The number of methoxy groups -OCH3 is 1. The number of rotatable bonds is 7. The van der Waals surface area contributed by atoms with Crippen LogP contribution in [0.4, 0.5) is 0 Å². The average molecular weight is 406 g/mol. The summed E-state index contributed by atoms with van der Waals surface area (Å²) in [7, 11) is 1.70. The molecule has 160 valence electrons. The van der Waals surface area contributed by atoms with Crippen LogP contribution in [-0.2, 0) is 4.79 Å². The van der Waals surface area contributed by atoms with Crippen molar-refractivity contribution in [2.45, 2.75) is 53.4 Å². The van der Waals surface area contributed by atoms with Gasteiger partial charge in [-0.15, -0.1) is 0 Å². The Hall–Kier alpha value is -2.81. The van der Waals surface area contributed by atoms with E-state index in [0.29, 0.717) is 5.92 Å². The van der Waals surface area contributed by atoms with Crippen LogP contribution in [0.5, 0.6) is 5.75 Å². The van der Waals surface area contributed by atoms with Crippen LogP contribution in [0.25, 0.3) is 0 Å². The SMILES string of the molecule is COc1ccc(C2CCC(C)=C(/C=C/C(C)=C/C=C/C(C)=C/C(N)=O)C2(C)C)cc1. The van der Waals surface area contributed by atoms with E-state index in [1.54, 1.807) is 7.11 Å². The summed E-state index contributed by atoms with van der Waals surface area (Å²) in [6, 6.07) is 8.51. The molecular formula is C27H35NO2. The van der Waals surface area contributed by atoms with Gasteiger partial charge in [-0.05, 0) is 73.8 Å². The predicted molar refractivity (Wildman–Crippen MR) is 126 cm³/mol. The lowest BCUT2D eigenvalue weighted by molar-refractivity contribution is -0.113. The van der Waals surface area contributed by atoms with Crippen LogP contribution in [0, 0.1) is 5.41 Å². The van der Waals surface area contributed by atoms with Gasteiger partial charge >= 0.3 is 0 Å². The third-order valence-corrected chi connectivity index (χ3v) is 5.95. The van der Waals surface area contributed by atoms with E-state index in [-0.39, 0.29) is 5.41 Å². The second-order valence-corrected chi connectivity index (χ2v) is 8.67. The molecule has 2 rings (SSSR count). The second kappa shape index (κ2) is 10.3. The number of carbonyl (C=O) groups is 1. The molecule has 1 aromatic rings. The Bertz CT molecular complexity index is 909. The minimum Gasteiger partial charge on any atom is -0.497 e. The topological polar surface area (TPSA) is 52.3 Å². The number of carbonyl (C=O) groups excluding carboxylic acids is 1. The Balaban J connectivity index is 2.21. The van der Waals surface area contributed by atoms with Crippen LogP contribution in [0.1, 0.15) is 58.9 Å². The van der Waals surface area contributed by atoms with Crippen LogP contribution < -0.4 is 10.5 Å². The van der Waals surface area contributed by atoms with Crippen molar-refractivity contribution < 1.29 is 9.53 Å². The highest BCUT2D eigenvalue weighted by atomic mass is 16.5. The standard InChI is InChI=1S/C27H35NO2/c1-19(8-7-9-20(2)18-26(28)29)10-16-24-21(3)11-17-25(27(24,4)5)22-12-14-23(30-6)15-13-22/h7-10,12-16,18,25H,11,17H2,1-6H3,(H2,28,29)/b9-7+,16-10+,19-8+,20-18+. The number of primary amides is 1. The highest BCUT2D eigenvalue weighted by Crippen LogP contribution is 2.50. The second-order valence-electron chi connectivity index (χ2n) is 8.67. The van der Waals surface area contributed by atoms with E-state index in [2.05, 4.69) is 64.1 Å². The molecule has 0 saturated carbocycles. The van der Waals surface area contributed by atoms with Crippen molar-refractivity contribution in [3.8, 4) is 5.75 Å². The third-order valence-electron chi connectivity index (χ3n) is 5.95. The maximum Gasteiger partial charge on any atom is 0.241 e. The first-order valence-electron chi connectivity index (χ1n) is 10.5. The van der Waals surface area contributed by atoms with Crippen molar-refractivity contribution in [2.24, 2.45) is 11.1 Å². The minimum atomic E-state index is -0.425. The van der Waals surface area contributed by atoms with Gasteiger partial charge in [0.2, 0.25) is 5.91 Å². The first-order valence-corrected chi connectivity index (χ1v) is 10.5. The fourth-order valence-electron chi connectivity index (χ4n) is 4.27. The van der Waals surface area contributed by atoms with Crippen LogP contribution in [0.15, 0.2) is 83.0 Å². The summed E-state index contributed by atoms with van der Waals surface area (Å²) >= 11 is 0. The zero-order valence-corrected chi connectivity index (χ0v) is 19.2. The van der Waals surface area contributed by atoms with E-state index in [9.17, 15) is 4.79 Å². The fourth-order valence-corrected chi connectivity index (χ4v) is 4.27. The number of amides is 1. The lowest BCUT2D eigenvalue weighted by Gasteiger charge is -2.41. The van der Waals surface area contributed by atoms with Crippen LogP contribution in [0.2, 0.25) is 0 Å². The number of hydrogen-bond acceptors (Lipinski definition) is 2. The molecule has 1 unspecified atom stereocenters. The largest absolute Gasteiger partial charge is 0.497 e. The highest BCUT2D eigenvalue weighted by Gasteiger charge is 2.37. The van der Waals surface area contributed by atoms with E-state index >= 15 is 0 Å². The number of nitrogens with two attached hydrogens (primary N) is 1. The van der Waals surface area contributed by atoms with Crippen molar-refractivity contribution in [1.82, 2.24) is 0 Å². The number of ether oxygens (including phenoxy) is 1. The summed E-state index contributed by atoms with van der Waals surface area (Å²) in [5, 5.41) is 0. The Morgan fingerprint density at radius 3 is 2.40 bits per heavy atom. The van der Waals surface area contributed by atoms with Gasteiger partial charge in [-0.2, -0.15) is 0 Å². The molecule has 3 heteroatoms. The van der Waals surface area contributed by atoms with Gasteiger partial charge in [-0.3, -0.25) is 4.79 Å². The normalized spacial score (nSPS) is 20.3. The van der Waals surface area contributed by atoms with E-state index in [1.807, 2.05) is 25.2 Å². The Labute approximate surface area is 181 Å². The summed E-state index contributed by atoms with van der Waals surface area (Å²) in [5.74, 6) is 0.942. The molecule has 3 nitrogen and oxygen atoms in total. The van der Waals surface area contributed by atoms with Gasteiger partial charge in [0, 0.05) is 6.08 Å². The molecule has 0 bridgehead atoms. The van der Waals surface area contributed by atoms with Gasteiger partial charge in [0.1, 0.15) is 5.75 Å². The number of allylic oxidation sites excluding steroid dienone is 9. The number of benzene rings is 1. The molecule has 30 heavy (non-hydrogen) atoms. The van der Waals surface area contributed by atoms with E-state index < -0.39 is 5.91 Å². The van der Waals surface area contributed by atoms with E-state index in [1.165, 1.54) is 22.8 Å². The van der Waals surface area contributed by atoms with Crippen molar-refractivity contribution in [2.75, 3.05) is 7.11 Å². The first-order chi connectivity index (χ1) is 14.1. The van der Waals surface area contributed by atoms with Crippen LogP contribution in [0.3, 0.4) is 0 Å². The molecule has 1 aliphatic carbocycles. The molecule has 1 aromatic carbocycles. The van der Waals surface area contributed by atoms with Gasteiger partial charge < -0.3 is 10.5 Å². The quantitative estimate of drug-likeness (QED) is 0.421. The molecule has 0 radical (unpaired) electrons. The maximum absolute atomic E-state index is 10.9. The molecule has 0 fully saturated rings. The van der Waals surface area contributed by atoms with Crippen molar-refractivity contribution in [3.05, 3.63) is 88.6 Å². The lowest BCUT2D eigenvalue weighted by Crippen LogP contribution is -2.28. The lowest BCUT2D eigenvalue weighted by atomic mass is 9.63. The third kappa shape index (κ3) is 6.09. The molecule has 0 spiro atoms. The smallest absolute Gasteiger partial charge is 0.241 e. The molecule has 2 N–H and O–H groups in total. The molecule has 0 aromatic heterocycles. The van der Waals surface area contributed by atoms with Gasteiger partial charge in [0.25, 0.3) is 0 Å². The summed E-state index contributed by atoms with van der Waals surface area (Å²) < 4.78 is 5.32. The monoisotopic (exact) mass is 405 g/mol. The molecule has 0 aliphatic heterocycles. The zero-order chi connectivity index (χ0) is 22.3. The zero-order valence-electron chi connectivity index (χ0n) is 19.2. The molecule has 0 saturated heterocycles. The Morgan fingerprint density at radius 1 is 1.13 bits per heavy atom.